The van der Waals surface area contributed by atoms with Crippen molar-refractivity contribution in [3.63, 3.8) is 0 Å². The molecular weight excluding hydrogens is 330 g/mol. The molecule has 5 heteroatoms. The van der Waals surface area contributed by atoms with Gasteiger partial charge in [0, 0.05) is 36.1 Å². The normalized spacial score (nSPS) is 14.1. The maximum Gasteiger partial charge on any atom is 0.227 e. The van der Waals surface area contributed by atoms with Crippen molar-refractivity contribution < 1.29 is 4.79 Å². The largest absolute Gasteiger partial charge is 0.357 e. The third kappa shape index (κ3) is 3.56. The number of carbonyl (C=O) groups is 1. The highest BCUT2D eigenvalue weighted by Crippen LogP contribution is 2.29. The molecule has 2 aromatic carbocycles. The maximum absolute atomic E-state index is 11.9. The van der Waals surface area contributed by atoms with Crippen LogP contribution in [0.4, 0.5) is 10.8 Å². The molecule has 0 bridgehead atoms. The van der Waals surface area contributed by atoms with Crippen molar-refractivity contribution in [1.82, 2.24) is 4.98 Å². The molecule has 4 nitrogen and oxygen atoms in total. The molecule has 0 saturated carbocycles. The van der Waals surface area contributed by atoms with Gasteiger partial charge in [0.25, 0.3) is 0 Å². The van der Waals surface area contributed by atoms with Gasteiger partial charge in [0.15, 0.2) is 5.13 Å². The molecule has 0 radical (unpaired) electrons. The first-order chi connectivity index (χ1) is 12.3. The molecule has 1 aliphatic heterocycles. The second kappa shape index (κ2) is 7.07. The predicted molar refractivity (Wildman–Crippen MR) is 103 cm³/mol. The molecule has 1 aromatic heterocycles. The van der Waals surface area contributed by atoms with Crippen LogP contribution in [-0.2, 0) is 11.3 Å². The average Bonchev–Trinajstić information content (AvgIpc) is 3.30. The van der Waals surface area contributed by atoms with Crippen LogP contribution in [0.15, 0.2) is 60.0 Å². The highest BCUT2D eigenvalue weighted by atomic mass is 32.1. The molecule has 2 heterocycles. The molecule has 1 saturated heterocycles. The first-order valence-electron chi connectivity index (χ1n) is 8.44. The zero-order valence-corrected chi connectivity index (χ0v) is 14.6. The zero-order valence-electron chi connectivity index (χ0n) is 13.8. The second-order valence-electron chi connectivity index (χ2n) is 6.08. The van der Waals surface area contributed by atoms with Crippen LogP contribution in [0.2, 0.25) is 0 Å². The van der Waals surface area contributed by atoms with Crippen LogP contribution < -0.4 is 10.2 Å². The number of carbonyl (C=O) groups excluding carboxylic acids is 1. The number of nitrogens with zero attached hydrogens (tertiary/aromatic N) is 2. The van der Waals surface area contributed by atoms with Gasteiger partial charge in [0.1, 0.15) is 0 Å². The molecule has 1 fully saturated rings. The van der Waals surface area contributed by atoms with Crippen molar-refractivity contribution in [3.05, 3.63) is 65.5 Å². The fraction of sp³-hybridized carbons (Fsp3) is 0.200. The third-order valence-electron chi connectivity index (χ3n) is 4.32. The summed E-state index contributed by atoms with van der Waals surface area (Å²) in [7, 11) is 0. The Kier molecular flexibility index (Phi) is 4.48. The number of rotatable bonds is 5. The zero-order chi connectivity index (χ0) is 17.1. The van der Waals surface area contributed by atoms with E-state index in [4.69, 9.17) is 0 Å². The van der Waals surface area contributed by atoms with Gasteiger partial charge in [0.05, 0.1) is 5.69 Å². The van der Waals surface area contributed by atoms with Crippen LogP contribution in [0.3, 0.4) is 0 Å². The Hall–Kier alpha value is -2.66. The Balaban J connectivity index is 1.49. The first-order valence-corrected chi connectivity index (χ1v) is 9.32. The fourth-order valence-corrected chi connectivity index (χ4v) is 3.73. The summed E-state index contributed by atoms with van der Waals surface area (Å²) in [5.41, 5.74) is 4.18. The number of hydrogen-bond donors (Lipinski definition) is 1. The van der Waals surface area contributed by atoms with Crippen molar-refractivity contribution in [2.45, 2.75) is 19.4 Å². The van der Waals surface area contributed by atoms with Gasteiger partial charge in [0.2, 0.25) is 5.91 Å². The number of benzene rings is 2. The van der Waals surface area contributed by atoms with Gasteiger partial charge in [-0.1, -0.05) is 42.5 Å². The Bertz CT molecular complexity index is 875. The van der Waals surface area contributed by atoms with Gasteiger partial charge >= 0.3 is 0 Å². The summed E-state index contributed by atoms with van der Waals surface area (Å²) in [6.07, 6.45) is 1.59. The number of hydrogen-bond acceptors (Lipinski definition) is 4. The summed E-state index contributed by atoms with van der Waals surface area (Å²) in [6.45, 7) is 1.57. The molecule has 4 rings (SSSR count). The number of aromatic nitrogens is 1. The van der Waals surface area contributed by atoms with E-state index in [0.29, 0.717) is 6.42 Å². The van der Waals surface area contributed by atoms with Crippen LogP contribution in [0.5, 0.6) is 0 Å². The highest BCUT2D eigenvalue weighted by Gasteiger charge is 2.21. The molecule has 0 spiro atoms. The SMILES string of the molecule is O=C1CCCN1c1cccc(-c2csc(NCc3ccccc3)n2)c1. The van der Waals surface area contributed by atoms with Crippen molar-refractivity contribution in [2.24, 2.45) is 0 Å². The van der Waals surface area contributed by atoms with Gasteiger partial charge in [-0.2, -0.15) is 0 Å². The van der Waals surface area contributed by atoms with Crippen molar-refractivity contribution >= 4 is 28.1 Å². The molecule has 0 unspecified atom stereocenters. The first kappa shape index (κ1) is 15.8. The lowest BCUT2D eigenvalue weighted by Gasteiger charge is -2.16. The third-order valence-corrected chi connectivity index (χ3v) is 5.12. The number of nitrogens with one attached hydrogen (secondary N) is 1. The van der Waals surface area contributed by atoms with E-state index in [1.165, 1.54) is 5.56 Å². The minimum absolute atomic E-state index is 0.209. The van der Waals surface area contributed by atoms with Crippen LogP contribution in [0.1, 0.15) is 18.4 Å². The van der Waals surface area contributed by atoms with E-state index >= 15 is 0 Å². The van der Waals surface area contributed by atoms with E-state index in [-0.39, 0.29) is 5.91 Å². The number of thiazole rings is 1. The Morgan fingerprint density at radius 3 is 2.80 bits per heavy atom. The van der Waals surface area contributed by atoms with Crippen molar-refractivity contribution in [3.8, 4) is 11.3 Å². The topological polar surface area (TPSA) is 45.2 Å². The minimum Gasteiger partial charge on any atom is -0.357 e. The molecule has 25 heavy (non-hydrogen) atoms. The van der Waals surface area contributed by atoms with Gasteiger partial charge in [-0.05, 0) is 24.1 Å². The summed E-state index contributed by atoms with van der Waals surface area (Å²) < 4.78 is 0. The maximum atomic E-state index is 11.9. The van der Waals surface area contributed by atoms with Gasteiger partial charge in [-0.15, -0.1) is 11.3 Å². The Labute approximate surface area is 151 Å². The van der Waals surface area contributed by atoms with E-state index in [1.54, 1.807) is 11.3 Å². The number of amides is 1. The lowest BCUT2D eigenvalue weighted by atomic mass is 10.1. The predicted octanol–water partition coefficient (Wildman–Crippen LogP) is 4.55. The molecule has 3 aromatic rings. The molecule has 1 N–H and O–H groups in total. The van der Waals surface area contributed by atoms with E-state index in [9.17, 15) is 4.79 Å². The van der Waals surface area contributed by atoms with E-state index in [1.807, 2.05) is 41.3 Å². The Morgan fingerprint density at radius 2 is 2.00 bits per heavy atom. The molecule has 0 aliphatic carbocycles. The standard InChI is InChI=1S/C20H19N3OS/c24-19-10-5-11-23(19)17-9-4-8-16(12-17)18-14-25-20(22-18)21-13-15-6-2-1-3-7-15/h1-4,6-9,12,14H,5,10-11,13H2,(H,21,22). The molecule has 126 valence electrons. The molecule has 1 aliphatic rings. The van der Waals surface area contributed by atoms with Crippen LogP contribution in [0.25, 0.3) is 11.3 Å². The van der Waals surface area contributed by atoms with E-state index in [0.717, 1.165) is 41.6 Å². The molecular formula is C20H19N3OS. The highest BCUT2D eigenvalue weighted by molar-refractivity contribution is 7.14. The van der Waals surface area contributed by atoms with Crippen LogP contribution in [0, 0.1) is 0 Å². The lowest BCUT2D eigenvalue weighted by molar-refractivity contribution is -0.117. The van der Waals surface area contributed by atoms with Gasteiger partial charge < -0.3 is 10.2 Å². The fourth-order valence-electron chi connectivity index (χ4n) is 3.02. The van der Waals surface area contributed by atoms with Gasteiger partial charge in [-0.3, -0.25) is 4.79 Å². The average molecular weight is 349 g/mol. The second-order valence-corrected chi connectivity index (χ2v) is 6.93. The minimum atomic E-state index is 0.209. The summed E-state index contributed by atoms with van der Waals surface area (Å²) in [5, 5.41) is 6.33. The molecule has 0 atom stereocenters. The smallest absolute Gasteiger partial charge is 0.227 e. The molecule has 1 amide bonds. The quantitative estimate of drug-likeness (QED) is 0.735. The van der Waals surface area contributed by atoms with Crippen molar-refractivity contribution in [1.29, 1.82) is 0 Å². The summed E-state index contributed by atoms with van der Waals surface area (Å²) in [5.74, 6) is 0.209. The summed E-state index contributed by atoms with van der Waals surface area (Å²) >= 11 is 1.60. The lowest BCUT2D eigenvalue weighted by Crippen LogP contribution is -2.23. The summed E-state index contributed by atoms with van der Waals surface area (Å²) in [6, 6.07) is 18.4. The van der Waals surface area contributed by atoms with E-state index < -0.39 is 0 Å². The van der Waals surface area contributed by atoms with Crippen molar-refractivity contribution in [2.75, 3.05) is 16.8 Å². The summed E-state index contributed by atoms with van der Waals surface area (Å²) in [4.78, 5) is 18.5. The Morgan fingerprint density at radius 1 is 1.12 bits per heavy atom. The van der Waals surface area contributed by atoms with E-state index in [2.05, 4.69) is 33.9 Å². The van der Waals surface area contributed by atoms with Crippen LogP contribution in [-0.4, -0.2) is 17.4 Å². The van der Waals surface area contributed by atoms with Gasteiger partial charge in [-0.25, -0.2) is 4.98 Å². The monoisotopic (exact) mass is 349 g/mol. The van der Waals surface area contributed by atoms with Crippen LogP contribution >= 0.6 is 11.3 Å². The number of anilines is 2.